The molecule has 2 rings (SSSR count). The van der Waals surface area contributed by atoms with E-state index in [2.05, 4.69) is 4.98 Å². The lowest BCUT2D eigenvalue weighted by atomic mass is 9.79. The molecule has 1 heterocycles. The summed E-state index contributed by atoms with van der Waals surface area (Å²) in [5.74, 6) is 0.115. The minimum absolute atomic E-state index is 0.115. The fourth-order valence-electron chi connectivity index (χ4n) is 2.04. The third-order valence-electron chi connectivity index (χ3n) is 3.70. The van der Waals surface area contributed by atoms with E-state index < -0.39 is 5.41 Å². The van der Waals surface area contributed by atoms with Gasteiger partial charge in [-0.2, -0.15) is 0 Å². The fraction of sp³-hybridized carbons (Fsp3) is 0.333. The second-order valence-corrected chi connectivity index (χ2v) is 4.85. The number of hydrogen-bond acceptors (Lipinski definition) is 3. The van der Waals surface area contributed by atoms with Crippen LogP contribution in [-0.4, -0.2) is 17.3 Å². The summed E-state index contributed by atoms with van der Waals surface area (Å²) in [5, 5.41) is 1.93. The maximum Gasteiger partial charge on any atom is 0.170 e. The van der Waals surface area contributed by atoms with E-state index in [9.17, 15) is 4.79 Å². The first-order chi connectivity index (χ1) is 8.62. The van der Waals surface area contributed by atoms with Gasteiger partial charge in [-0.05, 0) is 17.9 Å². The molecule has 0 saturated carbocycles. The molecule has 0 amide bonds. The van der Waals surface area contributed by atoms with Crippen molar-refractivity contribution in [1.29, 1.82) is 0 Å². The molecule has 1 aromatic heterocycles. The van der Waals surface area contributed by atoms with E-state index >= 15 is 0 Å². The predicted molar refractivity (Wildman–Crippen MR) is 73.5 cm³/mol. The molecule has 3 heteroatoms. The van der Waals surface area contributed by atoms with E-state index in [-0.39, 0.29) is 5.78 Å². The average Bonchev–Trinajstić information content (AvgIpc) is 2.45. The van der Waals surface area contributed by atoms with E-state index in [0.717, 1.165) is 22.8 Å². The molecule has 0 spiro atoms. The zero-order valence-corrected chi connectivity index (χ0v) is 10.8. The van der Waals surface area contributed by atoms with Crippen molar-refractivity contribution in [3.8, 4) is 0 Å². The first-order valence-corrected chi connectivity index (χ1v) is 6.20. The Labute approximate surface area is 107 Å². The SMILES string of the molecule is CCC(C)(CN)C(=O)c1cccc2cnccc12. The number of aromatic nitrogens is 1. The highest BCUT2D eigenvalue weighted by molar-refractivity contribution is 6.10. The second-order valence-electron chi connectivity index (χ2n) is 4.85. The molecule has 0 bridgehead atoms. The lowest BCUT2D eigenvalue weighted by Gasteiger charge is -2.25. The number of pyridine rings is 1. The van der Waals surface area contributed by atoms with Crippen LogP contribution in [0.5, 0.6) is 0 Å². The summed E-state index contributed by atoms with van der Waals surface area (Å²) in [6.45, 7) is 4.29. The molecule has 3 nitrogen and oxygen atoms in total. The number of rotatable bonds is 4. The van der Waals surface area contributed by atoms with Crippen molar-refractivity contribution in [2.45, 2.75) is 20.3 Å². The van der Waals surface area contributed by atoms with Crippen molar-refractivity contribution in [2.24, 2.45) is 11.1 Å². The number of nitrogens with two attached hydrogens (primary N) is 1. The predicted octanol–water partition coefficient (Wildman–Crippen LogP) is 2.79. The number of carbonyl (C=O) groups is 1. The molecule has 2 N–H and O–H groups in total. The van der Waals surface area contributed by atoms with Crippen molar-refractivity contribution in [2.75, 3.05) is 6.54 Å². The molecule has 0 aliphatic carbocycles. The van der Waals surface area contributed by atoms with Crippen molar-refractivity contribution < 1.29 is 4.79 Å². The van der Waals surface area contributed by atoms with Gasteiger partial charge in [-0.1, -0.05) is 32.0 Å². The number of Topliss-reactive ketones (excluding diaryl/α,β-unsaturated/α-hetero) is 1. The van der Waals surface area contributed by atoms with E-state index in [1.165, 1.54) is 0 Å². The number of fused-ring (bicyclic) bond motifs is 1. The van der Waals surface area contributed by atoms with Crippen LogP contribution in [0.4, 0.5) is 0 Å². The summed E-state index contributed by atoms with van der Waals surface area (Å²) in [4.78, 5) is 16.7. The fourth-order valence-corrected chi connectivity index (χ4v) is 2.04. The highest BCUT2D eigenvalue weighted by Gasteiger charge is 2.31. The van der Waals surface area contributed by atoms with Gasteiger partial charge in [-0.3, -0.25) is 9.78 Å². The van der Waals surface area contributed by atoms with Crippen LogP contribution in [0.2, 0.25) is 0 Å². The lowest BCUT2D eigenvalue weighted by molar-refractivity contribution is 0.0822. The van der Waals surface area contributed by atoms with Gasteiger partial charge in [-0.15, -0.1) is 0 Å². The van der Waals surface area contributed by atoms with Gasteiger partial charge in [0.2, 0.25) is 0 Å². The Morgan fingerprint density at radius 1 is 1.39 bits per heavy atom. The van der Waals surface area contributed by atoms with Crippen molar-refractivity contribution in [3.05, 3.63) is 42.2 Å². The Hall–Kier alpha value is -1.74. The number of hydrogen-bond donors (Lipinski definition) is 1. The summed E-state index contributed by atoms with van der Waals surface area (Å²) in [5.41, 5.74) is 6.02. The van der Waals surface area contributed by atoms with Crippen LogP contribution < -0.4 is 5.73 Å². The van der Waals surface area contributed by atoms with E-state index in [0.29, 0.717) is 6.54 Å². The molecule has 1 atom stereocenters. The molecule has 0 fully saturated rings. The minimum atomic E-state index is -0.489. The van der Waals surface area contributed by atoms with E-state index in [4.69, 9.17) is 5.73 Å². The Morgan fingerprint density at radius 2 is 2.17 bits per heavy atom. The summed E-state index contributed by atoms with van der Waals surface area (Å²) >= 11 is 0. The summed E-state index contributed by atoms with van der Waals surface area (Å²) in [7, 11) is 0. The van der Waals surface area contributed by atoms with Crippen LogP contribution in [0.25, 0.3) is 10.8 Å². The normalized spacial score (nSPS) is 14.4. The second kappa shape index (κ2) is 4.86. The third-order valence-corrected chi connectivity index (χ3v) is 3.70. The first-order valence-electron chi connectivity index (χ1n) is 6.20. The van der Waals surface area contributed by atoms with Crippen LogP contribution in [0.15, 0.2) is 36.7 Å². The van der Waals surface area contributed by atoms with E-state index in [1.54, 1.807) is 12.4 Å². The quantitative estimate of drug-likeness (QED) is 0.839. The molecule has 18 heavy (non-hydrogen) atoms. The Morgan fingerprint density at radius 3 is 2.83 bits per heavy atom. The minimum Gasteiger partial charge on any atom is -0.329 e. The topological polar surface area (TPSA) is 56.0 Å². The van der Waals surface area contributed by atoms with Crippen LogP contribution in [0.3, 0.4) is 0 Å². The highest BCUT2D eigenvalue weighted by atomic mass is 16.1. The van der Waals surface area contributed by atoms with Crippen molar-refractivity contribution in [1.82, 2.24) is 4.98 Å². The summed E-state index contributed by atoms with van der Waals surface area (Å²) < 4.78 is 0. The Balaban J connectivity index is 2.58. The highest BCUT2D eigenvalue weighted by Crippen LogP contribution is 2.28. The molecular weight excluding hydrogens is 224 g/mol. The maximum atomic E-state index is 12.6. The smallest absolute Gasteiger partial charge is 0.170 e. The van der Waals surface area contributed by atoms with Gasteiger partial charge in [0.05, 0.1) is 0 Å². The van der Waals surface area contributed by atoms with Crippen molar-refractivity contribution >= 4 is 16.6 Å². The van der Waals surface area contributed by atoms with Gasteiger partial charge >= 0.3 is 0 Å². The van der Waals surface area contributed by atoms with Gasteiger partial charge in [0, 0.05) is 35.3 Å². The van der Waals surface area contributed by atoms with Crippen LogP contribution in [0, 0.1) is 5.41 Å². The van der Waals surface area contributed by atoms with Crippen molar-refractivity contribution in [3.63, 3.8) is 0 Å². The van der Waals surface area contributed by atoms with Gasteiger partial charge in [0.15, 0.2) is 5.78 Å². The molecular formula is C15H18N2O. The third kappa shape index (κ3) is 2.02. The maximum absolute atomic E-state index is 12.6. The van der Waals surface area contributed by atoms with Crippen LogP contribution in [-0.2, 0) is 0 Å². The molecule has 2 aromatic rings. The van der Waals surface area contributed by atoms with Gasteiger partial charge in [0.1, 0.15) is 0 Å². The molecule has 0 aliphatic rings. The average molecular weight is 242 g/mol. The summed E-state index contributed by atoms with van der Waals surface area (Å²) in [6, 6.07) is 7.61. The Kier molecular flexibility index (Phi) is 3.43. The monoisotopic (exact) mass is 242 g/mol. The number of benzene rings is 1. The number of ketones is 1. The van der Waals surface area contributed by atoms with Gasteiger partial charge in [0.25, 0.3) is 0 Å². The molecule has 1 aromatic carbocycles. The van der Waals surface area contributed by atoms with Crippen LogP contribution >= 0.6 is 0 Å². The largest absolute Gasteiger partial charge is 0.329 e. The zero-order valence-electron chi connectivity index (χ0n) is 10.8. The zero-order chi connectivity index (χ0) is 13.2. The Bertz CT molecular complexity index is 568. The molecule has 1 unspecified atom stereocenters. The molecule has 0 radical (unpaired) electrons. The van der Waals surface area contributed by atoms with E-state index in [1.807, 2.05) is 38.1 Å². The van der Waals surface area contributed by atoms with Gasteiger partial charge in [-0.25, -0.2) is 0 Å². The molecule has 0 aliphatic heterocycles. The molecule has 0 saturated heterocycles. The van der Waals surface area contributed by atoms with Crippen LogP contribution in [0.1, 0.15) is 30.6 Å². The molecule has 94 valence electrons. The standard InChI is InChI=1S/C15H18N2O/c1-3-15(2,10-16)14(18)13-6-4-5-11-9-17-8-7-12(11)13/h4-9H,3,10,16H2,1-2H3. The number of nitrogens with zero attached hydrogens (tertiary/aromatic N) is 1. The summed E-state index contributed by atoms with van der Waals surface area (Å²) in [6.07, 6.45) is 4.23. The lowest BCUT2D eigenvalue weighted by Crippen LogP contribution is -2.35. The number of carbonyl (C=O) groups excluding carboxylic acids is 1. The van der Waals surface area contributed by atoms with Gasteiger partial charge < -0.3 is 5.73 Å². The first kappa shape index (κ1) is 12.7.